The Morgan fingerprint density at radius 1 is 1.07 bits per heavy atom. The Kier molecular flexibility index (Phi) is 6.71. The molecule has 154 valence electrons. The second-order valence-corrected chi connectivity index (χ2v) is 8.97. The monoisotopic (exact) mass is 414 g/mol. The van der Waals surface area contributed by atoms with Crippen LogP contribution in [0, 0.1) is 6.92 Å². The van der Waals surface area contributed by atoms with Gasteiger partial charge in [-0.1, -0.05) is 36.2 Å². The molecule has 29 heavy (non-hydrogen) atoms. The zero-order valence-electron chi connectivity index (χ0n) is 16.7. The Morgan fingerprint density at radius 2 is 1.76 bits per heavy atom. The van der Waals surface area contributed by atoms with Crippen molar-refractivity contribution in [2.24, 2.45) is 0 Å². The van der Waals surface area contributed by atoms with Gasteiger partial charge >= 0.3 is 0 Å². The third-order valence-corrected chi connectivity index (χ3v) is 6.79. The third kappa shape index (κ3) is 5.25. The van der Waals surface area contributed by atoms with Crippen molar-refractivity contribution in [2.75, 3.05) is 25.5 Å². The fourth-order valence-corrected chi connectivity index (χ4v) is 4.93. The van der Waals surface area contributed by atoms with Gasteiger partial charge in [0.2, 0.25) is 15.9 Å². The number of rotatable bonds is 6. The van der Waals surface area contributed by atoms with Gasteiger partial charge in [-0.05, 0) is 49.6 Å². The number of nitrogens with zero attached hydrogens (tertiary/aromatic N) is 1. The average molecular weight is 415 g/mol. The number of ether oxygens (including phenoxy) is 1. The predicted molar refractivity (Wildman–Crippen MR) is 114 cm³/mol. The number of aryl methyl sites for hydroxylation is 1. The molecule has 0 bridgehead atoms. The lowest BCUT2D eigenvalue weighted by Crippen LogP contribution is -2.35. The molecule has 6 nitrogen and oxygen atoms in total. The zero-order valence-corrected chi connectivity index (χ0v) is 17.5. The fraction of sp³-hybridized carbons (Fsp3) is 0.318. The number of methoxy groups -OCH3 is 1. The molecule has 0 radical (unpaired) electrons. The molecule has 1 amide bonds. The van der Waals surface area contributed by atoms with Crippen molar-refractivity contribution in [1.29, 1.82) is 0 Å². The van der Waals surface area contributed by atoms with Gasteiger partial charge in [-0.2, -0.15) is 4.31 Å². The molecule has 0 aliphatic carbocycles. The topological polar surface area (TPSA) is 75.7 Å². The van der Waals surface area contributed by atoms with Crippen LogP contribution in [0.4, 0.5) is 5.69 Å². The maximum Gasteiger partial charge on any atom is 0.248 e. The molecule has 3 rings (SSSR count). The van der Waals surface area contributed by atoms with Crippen LogP contribution in [0.3, 0.4) is 0 Å². The summed E-state index contributed by atoms with van der Waals surface area (Å²) in [5.41, 5.74) is 2.46. The fourth-order valence-electron chi connectivity index (χ4n) is 3.23. The van der Waals surface area contributed by atoms with Gasteiger partial charge in [0.25, 0.3) is 0 Å². The summed E-state index contributed by atoms with van der Waals surface area (Å²) in [6, 6.07) is 12.4. The number of nitrogens with one attached hydrogen (secondary N) is 1. The number of hydrogen-bond donors (Lipinski definition) is 1. The maximum absolute atomic E-state index is 13.1. The van der Waals surface area contributed by atoms with Crippen LogP contribution in [0.15, 0.2) is 53.4 Å². The Hall–Kier alpha value is -2.64. The number of hydrogen-bond acceptors (Lipinski definition) is 4. The van der Waals surface area contributed by atoms with Gasteiger partial charge in [-0.25, -0.2) is 8.42 Å². The molecule has 1 saturated heterocycles. The first kappa shape index (κ1) is 21.1. The quantitative estimate of drug-likeness (QED) is 0.729. The van der Waals surface area contributed by atoms with Crippen molar-refractivity contribution in [2.45, 2.75) is 31.1 Å². The standard InChI is InChI=1S/C22H26N2O4S/c1-17-6-8-18(9-7-17)10-13-22(25)23-19-11-12-20(28-2)21(16-19)29(26,27)24-14-4-3-5-15-24/h6-13,16H,3-5,14-15H2,1-2H3,(H,23,25). The summed E-state index contributed by atoms with van der Waals surface area (Å²) in [6.45, 7) is 3.00. The van der Waals surface area contributed by atoms with Crippen LogP contribution in [-0.4, -0.2) is 38.8 Å². The van der Waals surface area contributed by atoms with E-state index in [1.165, 1.54) is 23.6 Å². The Bertz CT molecular complexity index is 992. The number of carbonyl (C=O) groups is 1. The highest BCUT2D eigenvalue weighted by Crippen LogP contribution is 2.31. The SMILES string of the molecule is COc1ccc(NC(=O)C=Cc2ccc(C)cc2)cc1S(=O)(=O)N1CCCCC1. The highest BCUT2D eigenvalue weighted by Gasteiger charge is 2.29. The second-order valence-electron chi connectivity index (χ2n) is 7.06. The number of anilines is 1. The van der Waals surface area contributed by atoms with Crippen molar-refractivity contribution in [3.8, 4) is 5.75 Å². The van der Waals surface area contributed by atoms with Crippen LogP contribution in [0.25, 0.3) is 6.08 Å². The molecular weight excluding hydrogens is 388 g/mol. The summed E-state index contributed by atoms with van der Waals surface area (Å²) in [5, 5.41) is 2.73. The number of benzene rings is 2. The van der Waals surface area contributed by atoms with E-state index in [1.54, 1.807) is 18.2 Å². The molecule has 1 fully saturated rings. The first-order valence-electron chi connectivity index (χ1n) is 9.64. The summed E-state index contributed by atoms with van der Waals surface area (Å²) < 4.78 is 32.9. The lowest BCUT2D eigenvalue weighted by Gasteiger charge is -2.26. The molecule has 0 spiro atoms. The van der Waals surface area contributed by atoms with E-state index < -0.39 is 10.0 Å². The molecule has 0 aromatic heterocycles. The molecule has 0 unspecified atom stereocenters. The molecule has 1 heterocycles. The third-order valence-electron chi connectivity index (χ3n) is 4.87. The van der Waals surface area contributed by atoms with Gasteiger partial charge in [-0.15, -0.1) is 0 Å². The molecular formula is C22H26N2O4S. The van der Waals surface area contributed by atoms with Crippen LogP contribution >= 0.6 is 0 Å². The molecule has 7 heteroatoms. The molecule has 1 N–H and O–H groups in total. The van der Waals surface area contributed by atoms with E-state index in [2.05, 4.69) is 5.32 Å². The molecule has 0 atom stereocenters. The molecule has 2 aromatic rings. The summed E-state index contributed by atoms with van der Waals surface area (Å²) in [6.07, 6.45) is 5.87. The number of sulfonamides is 1. The van der Waals surface area contributed by atoms with E-state index in [4.69, 9.17) is 4.74 Å². The summed E-state index contributed by atoms with van der Waals surface area (Å²) in [5.74, 6) is -0.0687. The van der Waals surface area contributed by atoms with Crippen LogP contribution in [0.1, 0.15) is 30.4 Å². The van der Waals surface area contributed by atoms with E-state index in [0.717, 1.165) is 30.4 Å². The normalized spacial score (nSPS) is 15.4. The smallest absolute Gasteiger partial charge is 0.248 e. The number of amides is 1. The van der Waals surface area contributed by atoms with Crippen LogP contribution in [0.2, 0.25) is 0 Å². The van der Waals surface area contributed by atoms with E-state index >= 15 is 0 Å². The first-order chi connectivity index (χ1) is 13.9. The molecule has 2 aromatic carbocycles. The predicted octanol–water partition coefficient (Wildman–Crippen LogP) is 3.83. The highest BCUT2D eigenvalue weighted by atomic mass is 32.2. The van der Waals surface area contributed by atoms with Crippen molar-refractivity contribution >= 4 is 27.7 Å². The molecule has 1 aliphatic heterocycles. The summed E-state index contributed by atoms with van der Waals surface area (Å²) in [7, 11) is -2.25. The van der Waals surface area contributed by atoms with Gasteiger partial charge in [0.15, 0.2) is 0 Å². The minimum absolute atomic E-state index is 0.0715. The second kappa shape index (κ2) is 9.24. The minimum atomic E-state index is -3.68. The van der Waals surface area contributed by atoms with Crippen LogP contribution < -0.4 is 10.1 Å². The van der Waals surface area contributed by atoms with E-state index in [0.29, 0.717) is 18.8 Å². The zero-order chi connectivity index (χ0) is 20.9. The van der Waals surface area contributed by atoms with Gasteiger partial charge in [-0.3, -0.25) is 4.79 Å². The van der Waals surface area contributed by atoms with E-state index in [-0.39, 0.29) is 16.6 Å². The van der Waals surface area contributed by atoms with Crippen molar-refractivity contribution in [3.05, 3.63) is 59.7 Å². The van der Waals surface area contributed by atoms with Gasteiger partial charge in [0.1, 0.15) is 10.6 Å². The van der Waals surface area contributed by atoms with Crippen molar-refractivity contribution in [1.82, 2.24) is 4.31 Å². The average Bonchev–Trinajstić information content (AvgIpc) is 2.74. The highest BCUT2D eigenvalue weighted by molar-refractivity contribution is 7.89. The Morgan fingerprint density at radius 3 is 2.41 bits per heavy atom. The lowest BCUT2D eigenvalue weighted by molar-refractivity contribution is -0.111. The maximum atomic E-state index is 13.1. The Balaban J connectivity index is 1.79. The summed E-state index contributed by atoms with van der Waals surface area (Å²) in [4.78, 5) is 12.4. The van der Waals surface area contributed by atoms with E-state index in [9.17, 15) is 13.2 Å². The number of piperidine rings is 1. The minimum Gasteiger partial charge on any atom is -0.495 e. The van der Waals surface area contributed by atoms with Gasteiger partial charge in [0, 0.05) is 24.9 Å². The molecule has 0 saturated carbocycles. The number of carbonyl (C=O) groups excluding carboxylic acids is 1. The largest absolute Gasteiger partial charge is 0.495 e. The summed E-state index contributed by atoms with van der Waals surface area (Å²) >= 11 is 0. The van der Waals surface area contributed by atoms with E-state index in [1.807, 2.05) is 31.2 Å². The lowest BCUT2D eigenvalue weighted by atomic mass is 10.1. The molecule has 1 aliphatic rings. The van der Waals surface area contributed by atoms with Crippen molar-refractivity contribution < 1.29 is 17.9 Å². The van der Waals surface area contributed by atoms with Crippen molar-refractivity contribution in [3.63, 3.8) is 0 Å². The Labute approximate surface area is 172 Å². The van der Waals surface area contributed by atoms with Crippen LogP contribution in [-0.2, 0) is 14.8 Å². The van der Waals surface area contributed by atoms with Gasteiger partial charge < -0.3 is 10.1 Å². The van der Waals surface area contributed by atoms with Crippen LogP contribution in [0.5, 0.6) is 5.75 Å². The van der Waals surface area contributed by atoms with Gasteiger partial charge in [0.05, 0.1) is 7.11 Å². The first-order valence-corrected chi connectivity index (χ1v) is 11.1.